The normalized spacial score (nSPS) is 12.0. The molecule has 3 heteroatoms. The first-order valence-electron chi connectivity index (χ1n) is 8.50. The van der Waals surface area contributed by atoms with E-state index in [-0.39, 0.29) is 0 Å². The lowest BCUT2D eigenvalue weighted by atomic mass is 10.0. The van der Waals surface area contributed by atoms with Crippen molar-refractivity contribution in [3.63, 3.8) is 0 Å². The Balaban J connectivity index is 1.87. The largest absolute Gasteiger partial charge is 0.342 e. The van der Waals surface area contributed by atoms with Crippen LogP contribution in [-0.4, -0.2) is 11.6 Å². The molecule has 3 aromatic rings. The molecule has 3 rings (SSSR count). The Labute approximate surface area is 154 Å². The average Bonchev–Trinajstić information content (AvgIpc) is 3.14. The van der Waals surface area contributed by atoms with Crippen molar-refractivity contribution in [2.24, 2.45) is 10.2 Å². The molecular formula is C23H21N3. The van der Waals surface area contributed by atoms with Crippen LogP contribution in [0.1, 0.15) is 18.2 Å². The van der Waals surface area contributed by atoms with Crippen LogP contribution in [0.25, 0.3) is 16.8 Å². The van der Waals surface area contributed by atoms with Gasteiger partial charge < -0.3 is 4.57 Å². The first-order chi connectivity index (χ1) is 12.7. The van der Waals surface area contributed by atoms with Crippen LogP contribution in [0.3, 0.4) is 0 Å². The Morgan fingerprint density at radius 2 is 1.65 bits per heavy atom. The molecule has 0 N–H and O–H groups in total. The molecule has 0 bridgehead atoms. The summed E-state index contributed by atoms with van der Waals surface area (Å²) < 4.78 is 2.14. The maximum atomic E-state index is 5.57. The van der Waals surface area contributed by atoms with Gasteiger partial charge in [0.1, 0.15) is 5.70 Å². The molecule has 26 heavy (non-hydrogen) atoms. The lowest BCUT2D eigenvalue weighted by Crippen LogP contribution is -2.03. The van der Waals surface area contributed by atoms with Crippen LogP contribution in [0.15, 0.2) is 88.7 Å². The van der Waals surface area contributed by atoms with Gasteiger partial charge in [-0.3, -0.25) is 0 Å². The van der Waals surface area contributed by atoms with Gasteiger partial charge >= 0.3 is 0 Å². The second-order valence-corrected chi connectivity index (χ2v) is 6.00. The van der Waals surface area contributed by atoms with E-state index in [2.05, 4.69) is 69.2 Å². The van der Waals surface area contributed by atoms with Crippen LogP contribution in [0.4, 0.5) is 0 Å². The first-order valence-corrected chi connectivity index (χ1v) is 8.50. The van der Waals surface area contributed by atoms with E-state index >= 15 is 0 Å². The van der Waals surface area contributed by atoms with Gasteiger partial charge in [-0.25, -0.2) is 0 Å². The highest BCUT2D eigenvalue weighted by molar-refractivity contribution is 5.69. The monoisotopic (exact) mass is 339 g/mol. The summed E-state index contributed by atoms with van der Waals surface area (Å²) in [6, 6.07) is 23.0. The number of azo groups is 1. The third-order valence-corrected chi connectivity index (χ3v) is 4.26. The van der Waals surface area contributed by atoms with E-state index in [0.717, 1.165) is 23.5 Å². The zero-order chi connectivity index (χ0) is 18.4. The van der Waals surface area contributed by atoms with E-state index in [0.29, 0.717) is 0 Å². The fourth-order valence-electron chi connectivity index (χ4n) is 2.88. The summed E-state index contributed by atoms with van der Waals surface area (Å²) >= 11 is 0. The van der Waals surface area contributed by atoms with E-state index in [1.54, 1.807) is 7.05 Å². The van der Waals surface area contributed by atoms with E-state index < -0.39 is 0 Å². The van der Waals surface area contributed by atoms with Gasteiger partial charge in [-0.05, 0) is 35.7 Å². The summed E-state index contributed by atoms with van der Waals surface area (Å²) in [5.41, 5.74) is 6.13. The van der Waals surface area contributed by atoms with Crippen molar-refractivity contribution in [3.8, 4) is 23.5 Å². The quantitative estimate of drug-likeness (QED) is 0.425. The molecule has 0 amide bonds. The van der Waals surface area contributed by atoms with Gasteiger partial charge in [0.2, 0.25) is 0 Å². The van der Waals surface area contributed by atoms with Crippen molar-refractivity contribution >= 4 is 5.70 Å². The van der Waals surface area contributed by atoms with Gasteiger partial charge in [0.05, 0.1) is 5.69 Å². The second-order valence-electron chi connectivity index (χ2n) is 6.00. The summed E-state index contributed by atoms with van der Waals surface area (Å²) in [4.78, 5) is 0. The molecule has 2 aromatic carbocycles. The molecule has 0 spiro atoms. The second kappa shape index (κ2) is 8.13. The molecule has 0 saturated carbocycles. The maximum Gasteiger partial charge on any atom is 0.120 e. The molecule has 0 fully saturated rings. The van der Waals surface area contributed by atoms with Crippen LogP contribution in [0, 0.1) is 12.3 Å². The highest BCUT2D eigenvalue weighted by Gasteiger charge is 2.10. The predicted octanol–water partition coefficient (Wildman–Crippen LogP) is 5.65. The summed E-state index contributed by atoms with van der Waals surface area (Å²) in [6.45, 7) is 2.63. The van der Waals surface area contributed by atoms with Gasteiger partial charge in [-0.2, -0.15) is 10.2 Å². The SMILES string of the molecule is C#C/C(C)=C(/N=NC)c1cccn1Cc1ccc(-c2ccccc2)cc1. The fraction of sp³-hybridized carbons (Fsp3) is 0.130. The van der Waals surface area contributed by atoms with E-state index in [1.165, 1.54) is 16.7 Å². The van der Waals surface area contributed by atoms with Crippen molar-refractivity contribution in [3.05, 3.63) is 89.8 Å². The molecular weight excluding hydrogens is 318 g/mol. The minimum atomic E-state index is 0.737. The summed E-state index contributed by atoms with van der Waals surface area (Å²) in [6.07, 6.45) is 7.60. The maximum absolute atomic E-state index is 5.57. The lowest BCUT2D eigenvalue weighted by Gasteiger charge is -2.11. The van der Waals surface area contributed by atoms with E-state index in [4.69, 9.17) is 6.42 Å². The van der Waals surface area contributed by atoms with Crippen molar-refractivity contribution in [1.82, 2.24) is 4.57 Å². The predicted molar refractivity (Wildman–Crippen MR) is 108 cm³/mol. The molecule has 0 unspecified atom stereocenters. The standard InChI is InChI=1S/C23H21N3/c1-4-18(2)23(25-24-3)22-11-8-16-26(22)17-19-12-14-21(15-13-19)20-9-6-5-7-10-20/h1,5-16H,17H2,2-3H3/b23-18+,25-24?. The molecule has 0 aliphatic carbocycles. The summed E-state index contributed by atoms with van der Waals surface area (Å²) in [7, 11) is 1.65. The van der Waals surface area contributed by atoms with Crippen molar-refractivity contribution in [2.75, 3.05) is 7.05 Å². The van der Waals surface area contributed by atoms with Crippen LogP contribution in [-0.2, 0) is 6.54 Å². The number of aromatic nitrogens is 1. The minimum absolute atomic E-state index is 0.737. The first kappa shape index (κ1) is 17.4. The lowest BCUT2D eigenvalue weighted by molar-refractivity contribution is 0.790. The molecule has 0 aliphatic heterocycles. The zero-order valence-corrected chi connectivity index (χ0v) is 15.1. The van der Waals surface area contributed by atoms with E-state index in [1.807, 2.05) is 31.3 Å². The molecule has 0 saturated heterocycles. The molecule has 0 radical (unpaired) electrons. The number of hydrogen-bond donors (Lipinski definition) is 0. The number of terminal acetylenes is 1. The van der Waals surface area contributed by atoms with Gasteiger partial charge in [0.25, 0.3) is 0 Å². The number of nitrogens with zero attached hydrogens (tertiary/aromatic N) is 3. The molecule has 1 heterocycles. The fourth-order valence-corrected chi connectivity index (χ4v) is 2.88. The Kier molecular flexibility index (Phi) is 5.46. The highest BCUT2D eigenvalue weighted by Crippen LogP contribution is 2.23. The molecule has 3 nitrogen and oxygen atoms in total. The average molecular weight is 339 g/mol. The van der Waals surface area contributed by atoms with Crippen molar-refractivity contribution in [1.29, 1.82) is 0 Å². The minimum Gasteiger partial charge on any atom is -0.342 e. The topological polar surface area (TPSA) is 29.6 Å². The third-order valence-electron chi connectivity index (χ3n) is 4.26. The number of hydrogen-bond acceptors (Lipinski definition) is 2. The Morgan fingerprint density at radius 1 is 0.962 bits per heavy atom. The highest BCUT2D eigenvalue weighted by atomic mass is 15.1. The van der Waals surface area contributed by atoms with Crippen LogP contribution in [0.2, 0.25) is 0 Å². The number of rotatable bonds is 5. The Bertz CT molecular complexity index is 968. The molecule has 0 aliphatic rings. The molecule has 1 aromatic heterocycles. The van der Waals surface area contributed by atoms with Gasteiger partial charge in [0, 0.05) is 25.4 Å². The van der Waals surface area contributed by atoms with Gasteiger partial charge in [0.15, 0.2) is 0 Å². The summed E-state index contributed by atoms with van der Waals surface area (Å²) in [5.74, 6) is 2.67. The van der Waals surface area contributed by atoms with Crippen LogP contribution in [0.5, 0.6) is 0 Å². The number of benzene rings is 2. The Morgan fingerprint density at radius 3 is 2.31 bits per heavy atom. The van der Waals surface area contributed by atoms with Crippen LogP contribution >= 0.6 is 0 Å². The third kappa shape index (κ3) is 3.81. The number of allylic oxidation sites excluding steroid dienone is 1. The van der Waals surface area contributed by atoms with Crippen molar-refractivity contribution in [2.45, 2.75) is 13.5 Å². The molecule has 128 valence electrons. The van der Waals surface area contributed by atoms with Crippen LogP contribution < -0.4 is 0 Å². The zero-order valence-electron chi connectivity index (χ0n) is 15.1. The van der Waals surface area contributed by atoms with Gasteiger partial charge in [-0.1, -0.05) is 60.5 Å². The smallest absolute Gasteiger partial charge is 0.120 e. The van der Waals surface area contributed by atoms with E-state index in [9.17, 15) is 0 Å². The Hall–Kier alpha value is -3.38. The van der Waals surface area contributed by atoms with Crippen molar-refractivity contribution < 1.29 is 0 Å². The molecule has 0 atom stereocenters. The summed E-state index contributed by atoms with van der Waals surface area (Å²) in [5, 5.41) is 8.15. The van der Waals surface area contributed by atoms with Gasteiger partial charge in [-0.15, -0.1) is 6.42 Å².